The number of nitrogens with one attached hydrogen (secondary N) is 1. The minimum Gasteiger partial charge on any atom is -0.375 e. The minimum absolute atomic E-state index is 0.0959. The molecule has 1 saturated heterocycles. The molecule has 1 aliphatic rings. The number of ether oxygens (including phenoxy) is 1. The molecule has 1 fully saturated rings. The van der Waals surface area contributed by atoms with Crippen LogP contribution in [0.25, 0.3) is 0 Å². The van der Waals surface area contributed by atoms with E-state index in [1.807, 2.05) is 20.8 Å². The van der Waals surface area contributed by atoms with Crippen LogP contribution in [0.4, 0.5) is 0 Å². The van der Waals surface area contributed by atoms with Gasteiger partial charge in [0.05, 0.1) is 18.5 Å². The van der Waals surface area contributed by atoms with Gasteiger partial charge in [0.25, 0.3) is 0 Å². The standard InChI is InChI=1S/C12H26N2O3S/c1-12(2,3)17-10-7-13-11-5-8-14(9-6-11)18(4,15)16/h11,13H,5-10H2,1-4H3. The Kier molecular flexibility index (Phi) is 5.58. The Balaban J connectivity index is 2.17. The highest BCUT2D eigenvalue weighted by Gasteiger charge is 2.24. The van der Waals surface area contributed by atoms with Gasteiger partial charge in [0.1, 0.15) is 0 Å². The zero-order chi connectivity index (χ0) is 13.8. The molecule has 0 aliphatic carbocycles. The van der Waals surface area contributed by atoms with E-state index < -0.39 is 10.0 Å². The second-order valence-corrected chi connectivity index (χ2v) is 7.83. The van der Waals surface area contributed by atoms with E-state index in [9.17, 15) is 8.42 Å². The molecule has 0 aromatic rings. The summed E-state index contributed by atoms with van der Waals surface area (Å²) in [4.78, 5) is 0. The van der Waals surface area contributed by atoms with Crippen molar-refractivity contribution < 1.29 is 13.2 Å². The van der Waals surface area contributed by atoms with E-state index in [0.717, 1.165) is 19.4 Å². The van der Waals surface area contributed by atoms with E-state index in [4.69, 9.17) is 4.74 Å². The third-order valence-electron chi connectivity index (χ3n) is 2.99. The van der Waals surface area contributed by atoms with Crippen LogP contribution in [0.5, 0.6) is 0 Å². The van der Waals surface area contributed by atoms with Gasteiger partial charge in [-0.25, -0.2) is 12.7 Å². The Morgan fingerprint density at radius 3 is 2.28 bits per heavy atom. The number of piperidine rings is 1. The van der Waals surface area contributed by atoms with Crippen LogP contribution in [0.1, 0.15) is 33.6 Å². The fraction of sp³-hybridized carbons (Fsp3) is 1.00. The molecular weight excluding hydrogens is 252 g/mol. The quantitative estimate of drug-likeness (QED) is 0.756. The van der Waals surface area contributed by atoms with Gasteiger partial charge in [-0.1, -0.05) is 0 Å². The van der Waals surface area contributed by atoms with Gasteiger partial charge in [-0.05, 0) is 33.6 Å². The summed E-state index contributed by atoms with van der Waals surface area (Å²) in [6.07, 6.45) is 3.03. The van der Waals surface area contributed by atoms with Crippen molar-refractivity contribution in [1.82, 2.24) is 9.62 Å². The highest BCUT2D eigenvalue weighted by molar-refractivity contribution is 7.88. The molecule has 1 N–H and O–H groups in total. The maximum Gasteiger partial charge on any atom is 0.211 e. The molecule has 0 aromatic carbocycles. The highest BCUT2D eigenvalue weighted by Crippen LogP contribution is 2.13. The number of sulfonamides is 1. The summed E-state index contributed by atoms with van der Waals surface area (Å²) in [5.74, 6) is 0. The lowest BCUT2D eigenvalue weighted by molar-refractivity contribution is -0.00207. The predicted octanol–water partition coefficient (Wildman–Crippen LogP) is 0.815. The number of rotatable bonds is 5. The van der Waals surface area contributed by atoms with Gasteiger partial charge in [-0.2, -0.15) is 0 Å². The van der Waals surface area contributed by atoms with Gasteiger partial charge in [0, 0.05) is 25.7 Å². The normalized spacial score (nSPS) is 20.2. The summed E-state index contributed by atoms with van der Waals surface area (Å²) < 4.78 is 29.9. The summed E-state index contributed by atoms with van der Waals surface area (Å²) in [6.45, 7) is 8.87. The molecule has 0 aromatic heterocycles. The molecule has 18 heavy (non-hydrogen) atoms. The lowest BCUT2D eigenvalue weighted by Crippen LogP contribution is -2.45. The minimum atomic E-state index is -3.01. The van der Waals surface area contributed by atoms with E-state index >= 15 is 0 Å². The first-order valence-corrected chi connectivity index (χ1v) is 8.36. The average molecular weight is 278 g/mol. The molecule has 1 rings (SSSR count). The number of hydrogen-bond donors (Lipinski definition) is 1. The number of hydrogen-bond acceptors (Lipinski definition) is 4. The van der Waals surface area contributed by atoms with Crippen LogP contribution >= 0.6 is 0 Å². The van der Waals surface area contributed by atoms with E-state index in [2.05, 4.69) is 5.32 Å². The maximum atomic E-state index is 11.3. The molecule has 0 unspecified atom stereocenters. The van der Waals surface area contributed by atoms with E-state index in [1.165, 1.54) is 6.26 Å². The molecule has 5 nitrogen and oxygen atoms in total. The summed E-state index contributed by atoms with van der Waals surface area (Å²) >= 11 is 0. The fourth-order valence-electron chi connectivity index (χ4n) is 2.01. The maximum absolute atomic E-state index is 11.3. The second-order valence-electron chi connectivity index (χ2n) is 5.85. The van der Waals surface area contributed by atoms with Crippen LogP contribution in [0, 0.1) is 0 Å². The molecule has 1 heterocycles. The highest BCUT2D eigenvalue weighted by atomic mass is 32.2. The Hall–Kier alpha value is -0.170. The third kappa shape index (κ3) is 6.13. The van der Waals surface area contributed by atoms with Crippen molar-refractivity contribution in [1.29, 1.82) is 0 Å². The average Bonchev–Trinajstić information content (AvgIpc) is 2.22. The topological polar surface area (TPSA) is 58.6 Å². The Labute approximate surface area is 111 Å². The van der Waals surface area contributed by atoms with Crippen molar-refractivity contribution in [3.05, 3.63) is 0 Å². The molecule has 108 valence electrons. The lowest BCUT2D eigenvalue weighted by Gasteiger charge is -2.31. The van der Waals surface area contributed by atoms with Crippen LogP contribution in [-0.2, 0) is 14.8 Å². The van der Waals surface area contributed by atoms with Crippen LogP contribution in [0.3, 0.4) is 0 Å². The molecule has 0 radical (unpaired) electrons. The Morgan fingerprint density at radius 1 is 1.28 bits per heavy atom. The smallest absolute Gasteiger partial charge is 0.211 e. The molecular formula is C12H26N2O3S. The van der Waals surface area contributed by atoms with Crippen LogP contribution in [0.15, 0.2) is 0 Å². The van der Waals surface area contributed by atoms with Crippen molar-refractivity contribution in [2.24, 2.45) is 0 Å². The summed E-state index contributed by atoms with van der Waals surface area (Å²) in [6, 6.07) is 0.409. The second kappa shape index (κ2) is 6.32. The predicted molar refractivity (Wildman–Crippen MR) is 73.1 cm³/mol. The Bertz CT molecular complexity index is 341. The molecule has 1 aliphatic heterocycles. The van der Waals surface area contributed by atoms with Crippen molar-refractivity contribution in [2.45, 2.75) is 45.3 Å². The van der Waals surface area contributed by atoms with Crippen molar-refractivity contribution in [3.8, 4) is 0 Å². The van der Waals surface area contributed by atoms with E-state index in [1.54, 1.807) is 4.31 Å². The van der Waals surface area contributed by atoms with Crippen molar-refractivity contribution in [2.75, 3.05) is 32.5 Å². The van der Waals surface area contributed by atoms with Crippen molar-refractivity contribution in [3.63, 3.8) is 0 Å². The van der Waals surface area contributed by atoms with E-state index in [0.29, 0.717) is 25.7 Å². The first kappa shape index (κ1) is 15.9. The molecule has 0 bridgehead atoms. The molecule has 0 saturated carbocycles. The van der Waals surface area contributed by atoms with Gasteiger partial charge < -0.3 is 10.1 Å². The first-order chi connectivity index (χ1) is 8.18. The van der Waals surface area contributed by atoms with Crippen LogP contribution in [-0.4, -0.2) is 56.9 Å². The van der Waals surface area contributed by atoms with E-state index in [-0.39, 0.29) is 5.60 Å². The SMILES string of the molecule is CC(C)(C)OCCNC1CCN(S(C)(=O)=O)CC1. The van der Waals surface area contributed by atoms with Gasteiger partial charge >= 0.3 is 0 Å². The number of nitrogens with zero attached hydrogens (tertiary/aromatic N) is 1. The largest absolute Gasteiger partial charge is 0.375 e. The molecule has 6 heteroatoms. The first-order valence-electron chi connectivity index (χ1n) is 6.51. The monoisotopic (exact) mass is 278 g/mol. The van der Waals surface area contributed by atoms with Crippen LogP contribution in [0.2, 0.25) is 0 Å². The zero-order valence-corrected chi connectivity index (χ0v) is 12.7. The molecule has 0 atom stereocenters. The van der Waals surface area contributed by atoms with Gasteiger partial charge in [0.2, 0.25) is 10.0 Å². The fourth-order valence-corrected chi connectivity index (χ4v) is 2.89. The van der Waals surface area contributed by atoms with Gasteiger partial charge in [-0.15, -0.1) is 0 Å². The van der Waals surface area contributed by atoms with Crippen molar-refractivity contribution >= 4 is 10.0 Å². The Morgan fingerprint density at radius 2 is 1.83 bits per heavy atom. The summed E-state index contributed by atoms with van der Waals surface area (Å²) in [5, 5.41) is 3.42. The van der Waals surface area contributed by atoms with Gasteiger partial charge in [-0.3, -0.25) is 0 Å². The summed E-state index contributed by atoms with van der Waals surface area (Å²) in [7, 11) is -3.01. The molecule has 0 amide bonds. The summed E-state index contributed by atoms with van der Waals surface area (Å²) in [5.41, 5.74) is -0.0959. The zero-order valence-electron chi connectivity index (χ0n) is 11.9. The molecule has 0 spiro atoms. The third-order valence-corrected chi connectivity index (χ3v) is 4.30. The lowest BCUT2D eigenvalue weighted by atomic mass is 10.1. The van der Waals surface area contributed by atoms with Crippen LogP contribution < -0.4 is 5.32 Å². The van der Waals surface area contributed by atoms with Gasteiger partial charge in [0.15, 0.2) is 0 Å².